The van der Waals surface area contributed by atoms with E-state index >= 15 is 0 Å². The van der Waals surface area contributed by atoms with Crippen molar-refractivity contribution in [1.82, 2.24) is 4.98 Å². The summed E-state index contributed by atoms with van der Waals surface area (Å²) < 4.78 is 18.7. The number of rotatable bonds is 3. The summed E-state index contributed by atoms with van der Waals surface area (Å²) in [5, 5.41) is 5.43. The fraction of sp³-hybridized carbons (Fsp3) is 0. The van der Waals surface area contributed by atoms with Crippen molar-refractivity contribution in [2.45, 2.75) is 0 Å². The molecule has 4 rings (SSSR count). The summed E-state index contributed by atoms with van der Waals surface area (Å²) >= 11 is 0. The number of aromatic nitrogens is 1. The van der Waals surface area contributed by atoms with Gasteiger partial charge in [0.15, 0.2) is 5.76 Å². The molecule has 1 heterocycles. The number of nitrogens with zero attached hydrogens (tertiary/aromatic N) is 1. The smallest absolute Gasteiger partial charge is 0.299 e. The van der Waals surface area contributed by atoms with Gasteiger partial charge in [-0.05, 0) is 35.7 Å². The van der Waals surface area contributed by atoms with Crippen LogP contribution in [-0.4, -0.2) is 4.98 Å². The molecule has 4 aromatic rings. The Morgan fingerprint density at radius 3 is 2.52 bits per heavy atom. The molecular weight excluding hydrogens is 291 g/mol. The summed E-state index contributed by atoms with van der Waals surface area (Å²) in [6, 6.07) is 20.6. The molecule has 3 nitrogen and oxygen atoms in total. The van der Waals surface area contributed by atoms with Crippen LogP contribution in [0.25, 0.3) is 22.1 Å². The average Bonchev–Trinajstić information content (AvgIpc) is 3.04. The minimum Gasteiger partial charge on any atom is -0.423 e. The van der Waals surface area contributed by atoms with Gasteiger partial charge in [-0.3, -0.25) is 0 Å². The lowest BCUT2D eigenvalue weighted by molar-refractivity contribution is 0.591. The van der Waals surface area contributed by atoms with Crippen molar-refractivity contribution in [3.63, 3.8) is 0 Å². The third-order valence-electron chi connectivity index (χ3n) is 3.67. The van der Waals surface area contributed by atoms with Crippen LogP contribution in [-0.2, 0) is 0 Å². The second-order valence-electron chi connectivity index (χ2n) is 5.19. The zero-order valence-corrected chi connectivity index (χ0v) is 12.2. The summed E-state index contributed by atoms with van der Waals surface area (Å²) in [5.41, 5.74) is 1.71. The first-order valence-electron chi connectivity index (χ1n) is 7.26. The summed E-state index contributed by atoms with van der Waals surface area (Å²) in [6.07, 6.45) is 1.63. The van der Waals surface area contributed by atoms with E-state index in [-0.39, 0.29) is 5.82 Å². The molecule has 0 amide bonds. The predicted octanol–water partition coefficient (Wildman–Crippen LogP) is 5.38. The maximum atomic E-state index is 13.0. The Kier molecular flexibility index (Phi) is 3.27. The number of halogens is 1. The molecule has 0 aliphatic rings. The standard InChI is InChI=1S/C19H13FN2O/c20-15-10-8-14(9-11-15)18-12-21-19(23-18)22-17-7-3-5-13-4-1-2-6-16(13)17/h1-12H,(H,21,22). The quantitative estimate of drug-likeness (QED) is 0.552. The number of hydrogen-bond donors (Lipinski definition) is 1. The Bertz CT molecular complexity index is 955. The van der Waals surface area contributed by atoms with Crippen LogP contribution in [0.4, 0.5) is 16.1 Å². The van der Waals surface area contributed by atoms with Gasteiger partial charge in [0.05, 0.1) is 11.9 Å². The van der Waals surface area contributed by atoms with Gasteiger partial charge in [0, 0.05) is 10.9 Å². The highest BCUT2D eigenvalue weighted by molar-refractivity contribution is 5.94. The first kappa shape index (κ1) is 13.5. The number of hydrogen-bond acceptors (Lipinski definition) is 3. The van der Waals surface area contributed by atoms with Crippen LogP contribution >= 0.6 is 0 Å². The molecule has 0 saturated carbocycles. The molecular formula is C19H13FN2O. The van der Waals surface area contributed by atoms with Crippen molar-refractivity contribution in [2.75, 3.05) is 5.32 Å². The average molecular weight is 304 g/mol. The monoisotopic (exact) mass is 304 g/mol. The van der Waals surface area contributed by atoms with Crippen molar-refractivity contribution < 1.29 is 8.81 Å². The Labute approximate surface area is 132 Å². The van der Waals surface area contributed by atoms with Crippen molar-refractivity contribution in [1.29, 1.82) is 0 Å². The van der Waals surface area contributed by atoms with Crippen LogP contribution in [0.5, 0.6) is 0 Å². The van der Waals surface area contributed by atoms with Crippen LogP contribution in [0, 0.1) is 5.82 Å². The molecule has 1 aromatic heterocycles. The molecule has 0 bridgehead atoms. The van der Waals surface area contributed by atoms with Gasteiger partial charge in [-0.2, -0.15) is 0 Å². The molecule has 0 unspecified atom stereocenters. The molecule has 0 radical (unpaired) electrons. The summed E-state index contributed by atoms with van der Waals surface area (Å²) in [4.78, 5) is 4.25. The normalized spacial score (nSPS) is 10.8. The van der Waals surface area contributed by atoms with Gasteiger partial charge >= 0.3 is 0 Å². The van der Waals surface area contributed by atoms with E-state index < -0.39 is 0 Å². The first-order chi connectivity index (χ1) is 11.3. The van der Waals surface area contributed by atoms with Crippen LogP contribution in [0.1, 0.15) is 0 Å². The van der Waals surface area contributed by atoms with Crippen molar-refractivity contribution in [2.24, 2.45) is 0 Å². The third kappa shape index (κ3) is 2.66. The molecule has 0 aliphatic carbocycles. The molecule has 4 heteroatoms. The highest BCUT2D eigenvalue weighted by Crippen LogP contribution is 2.28. The van der Waals surface area contributed by atoms with E-state index in [9.17, 15) is 4.39 Å². The highest BCUT2D eigenvalue weighted by Gasteiger charge is 2.08. The number of nitrogens with one attached hydrogen (secondary N) is 1. The van der Waals surface area contributed by atoms with E-state index in [1.165, 1.54) is 12.1 Å². The lowest BCUT2D eigenvalue weighted by atomic mass is 10.1. The van der Waals surface area contributed by atoms with Gasteiger partial charge in [0.25, 0.3) is 6.01 Å². The van der Waals surface area contributed by atoms with Crippen molar-refractivity contribution in [3.05, 3.63) is 78.7 Å². The van der Waals surface area contributed by atoms with Gasteiger partial charge in [-0.25, -0.2) is 9.37 Å². The number of oxazole rings is 1. The largest absolute Gasteiger partial charge is 0.423 e. The number of anilines is 2. The van der Waals surface area contributed by atoms with Gasteiger partial charge in [0.1, 0.15) is 5.82 Å². The summed E-state index contributed by atoms with van der Waals surface area (Å²) in [7, 11) is 0. The maximum Gasteiger partial charge on any atom is 0.299 e. The van der Waals surface area contributed by atoms with Crippen LogP contribution in [0.15, 0.2) is 77.3 Å². The Hall–Kier alpha value is -3.14. The zero-order valence-electron chi connectivity index (χ0n) is 12.2. The molecule has 23 heavy (non-hydrogen) atoms. The van der Waals surface area contributed by atoms with Crippen LogP contribution in [0.2, 0.25) is 0 Å². The predicted molar refractivity (Wildman–Crippen MR) is 89.1 cm³/mol. The molecule has 0 atom stereocenters. The van der Waals surface area contributed by atoms with E-state index in [1.54, 1.807) is 18.3 Å². The van der Waals surface area contributed by atoms with Crippen molar-refractivity contribution in [3.8, 4) is 11.3 Å². The van der Waals surface area contributed by atoms with E-state index in [1.807, 2.05) is 30.3 Å². The molecule has 1 N–H and O–H groups in total. The molecule has 112 valence electrons. The van der Waals surface area contributed by atoms with Gasteiger partial charge in [-0.15, -0.1) is 0 Å². The van der Waals surface area contributed by atoms with Crippen molar-refractivity contribution >= 4 is 22.5 Å². The Morgan fingerprint density at radius 1 is 0.870 bits per heavy atom. The Balaban J connectivity index is 1.66. The van der Waals surface area contributed by atoms with E-state index in [0.29, 0.717) is 11.8 Å². The molecule has 3 aromatic carbocycles. The SMILES string of the molecule is Fc1ccc(-c2cnc(Nc3cccc4ccccc34)o2)cc1. The second kappa shape index (κ2) is 5.57. The summed E-state index contributed by atoms with van der Waals surface area (Å²) in [5.74, 6) is 0.315. The summed E-state index contributed by atoms with van der Waals surface area (Å²) in [6.45, 7) is 0. The van der Waals surface area contributed by atoms with Crippen LogP contribution < -0.4 is 5.32 Å². The fourth-order valence-electron chi connectivity index (χ4n) is 2.53. The maximum absolute atomic E-state index is 13.0. The minimum absolute atomic E-state index is 0.276. The van der Waals surface area contributed by atoms with Gasteiger partial charge in [-0.1, -0.05) is 36.4 Å². The van der Waals surface area contributed by atoms with Gasteiger partial charge in [0.2, 0.25) is 0 Å². The zero-order chi connectivity index (χ0) is 15.6. The Morgan fingerprint density at radius 2 is 1.65 bits per heavy atom. The first-order valence-corrected chi connectivity index (χ1v) is 7.26. The topological polar surface area (TPSA) is 38.1 Å². The van der Waals surface area contributed by atoms with E-state index in [4.69, 9.17) is 4.42 Å². The van der Waals surface area contributed by atoms with E-state index in [2.05, 4.69) is 22.4 Å². The molecule has 0 fully saturated rings. The molecule has 0 aliphatic heterocycles. The number of benzene rings is 3. The molecule has 0 spiro atoms. The van der Waals surface area contributed by atoms with Crippen LogP contribution in [0.3, 0.4) is 0 Å². The fourth-order valence-corrected chi connectivity index (χ4v) is 2.53. The lowest BCUT2D eigenvalue weighted by Gasteiger charge is -2.06. The van der Waals surface area contributed by atoms with Gasteiger partial charge < -0.3 is 9.73 Å². The van der Waals surface area contributed by atoms with E-state index in [0.717, 1.165) is 22.0 Å². The lowest BCUT2D eigenvalue weighted by Crippen LogP contribution is -1.90. The number of fused-ring (bicyclic) bond motifs is 1. The molecule has 0 saturated heterocycles. The third-order valence-corrected chi connectivity index (χ3v) is 3.67. The second-order valence-corrected chi connectivity index (χ2v) is 5.19. The highest BCUT2D eigenvalue weighted by atomic mass is 19.1. The minimum atomic E-state index is -0.276.